The van der Waals surface area contributed by atoms with Gasteiger partial charge in [0.15, 0.2) is 0 Å². The highest BCUT2D eigenvalue weighted by atomic mass is 35.5. The molecule has 0 aliphatic heterocycles. The van der Waals surface area contributed by atoms with Crippen molar-refractivity contribution in [2.75, 3.05) is 24.8 Å². The normalized spacial score (nSPS) is 11.5. The molecule has 0 unspecified atom stereocenters. The molecule has 33 heavy (non-hydrogen) atoms. The van der Waals surface area contributed by atoms with Crippen LogP contribution in [-0.4, -0.2) is 44.0 Å². The lowest BCUT2D eigenvalue weighted by atomic mass is 10.1. The molecule has 1 amide bonds. The number of aromatic nitrogens is 2. The van der Waals surface area contributed by atoms with E-state index < -0.39 is 15.7 Å². The van der Waals surface area contributed by atoms with Crippen LogP contribution in [0, 0.1) is 11.3 Å². The van der Waals surface area contributed by atoms with Crippen molar-refractivity contribution in [1.29, 1.82) is 5.26 Å². The Morgan fingerprint density at radius 1 is 1.18 bits per heavy atom. The molecule has 2 aromatic carbocycles. The Morgan fingerprint density at radius 2 is 1.91 bits per heavy atom. The summed E-state index contributed by atoms with van der Waals surface area (Å²) in [6, 6.07) is 15.9. The van der Waals surface area contributed by atoms with E-state index >= 15 is 0 Å². The Balaban J connectivity index is 1.61. The number of carbonyl (C=O) groups is 1. The molecule has 0 spiro atoms. The van der Waals surface area contributed by atoms with Gasteiger partial charge in [0.2, 0.25) is 19.3 Å². The number of halogens is 1. The largest absolute Gasteiger partial charge is 0.490 e. The minimum absolute atomic E-state index is 0.0407. The van der Waals surface area contributed by atoms with Crippen molar-refractivity contribution < 1.29 is 22.7 Å². The number of nitriles is 1. The lowest BCUT2D eigenvalue weighted by Crippen LogP contribution is -2.13. The molecule has 1 heterocycles. The van der Waals surface area contributed by atoms with Gasteiger partial charge in [0, 0.05) is 6.26 Å². The molecule has 1 aromatic heterocycles. The molecule has 0 atom stereocenters. The summed E-state index contributed by atoms with van der Waals surface area (Å²) in [4.78, 5) is 12.4. The van der Waals surface area contributed by atoms with Gasteiger partial charge in [-0.2, -0.15) is 5.26 Å². The molecule has 0 saturated heterocycles. The zero-order valence-corrected chi connectivity index (χ0v) is 19.6. The highest BCUT2D eigenvalue weighted by Gasteiger charge is 2.17. The second kappa shape index (κ2) is 10.9. The van der Waals surface area contributed by atoms with Gasteiger partial charge in [-0.15, -0.1) is 10.2 Å². The third kappa shape index (κ3) is 7.01. The number of amides is 1. The molecule has 3 rings (SSSR count). The minimum atomic E-state index is -3.54. The van der Waals surface area contributed by atoms with Crippen LogP contribution in [-0.2, 0) is 14.6 Å². The van der Waals surface area contributed by atoms with Gasteiger partial charge in [-0.3, -0.25) is 10.1 Å². The van der Waals surface area contributed by atoms with E-state index in [9.17, 15) is 18.5 Å². The first-order valence-electron chi connectivity index (χ1n) is 9.33. The molecule has 0 saturated carbocycles. The number of benzene rings is 2. The lowest BCUT2D eigenvalue weighted by Gasteiger charge is -2.10. The van der Waals surface area contributed by atoms with E-state index in [4.69, 9.17) is 21.1 Å². The number of nitrogens with zero attached hydrogens (tertiary/aromatic N) is 3. The molecule has 9 nitrogen and oxygen atoms in total. The second-order valence-corrected chi connectivity index (χ2v) is 10.0. The fourth-order valence-electron chi connectivity index (χ4n) is 2.44. The summed E-state index contributed by atoms with van der Waals surface area (Å²) in [5.41, 5.74) is 0.265. The van der Waals surface area contributed by atoms with Gasteiger partial charge in [-0.05, 0) is 35.9 Å². The highest BCUT2D eigenvalue weighted by Crippen LogP contribution is 2.27. The van der Waals surface area contributed by atoms with Crippen LogP contribution in [0.1, 0.15) is 5.56 Å². The van der Waals surface area contributed by atoms with Gasteiger partial charge in [0.05, 0.1) is 5.02 Å². The monoisotopic (exact) mass is 504 g/mol. The first-order chi connectivity index (χ1) is 15.8. The number of para-hydroxylation sites is 1. The lowest BCUT2D eigenvalue weighted by molar-refractivity contribution is -0.112. The van der Waals surface area contributed by atoms with Gasteiger partial charge in [0.25, 0.3) is 5.91 Å². The third-order valence-corrected chi connectivity index (χ3v) is 6.73. The summed E-state index contributed by atoms with van der Waals surface area (Å²) in [5.74, 6) is 0.398. The average Bonchev–Trinajstić information content (AvgIpc) is 3.26. The number of hydrogen-bond donors (Lipinski definition) is 1. The van der Waals surface area contributed by atoms with Gasteiger partial charge < -0.3 is 9.47 Å². The number of anilines is 1. The predicted molar refractivity (Wildman–Crippen MR) is 124 cm³/mol. The first kappa shape index (κ1) is 24.2. The summed E-state index contributed by atoms with van der Waals surface area (Å²) >= 11 is 6.94. The first-order valence-corrected chi connectivity index (χ1v) is 12.4. The van der Waals surface area contributed by atoms with Crippen LogP contribution < -0.4 is 14.8 Å². The molecule has 0 aliphatic carbocycles. The SMILES string of the molecule is CS(=O)(=O)c1nnc(NC(=O)/C(C#N)=C\c2ccc(OCCOc3ccccc3)c(Cl)c2)s1. The smallest absolute Gasteiger partial charge is 0.268 e. The van der Waals surface area contributed by atoms with Crippen LogP contribution in [0.3, 0.4) is 0 Å². The van der Waals surface area contributed by atoms with Crippen molar-refractivity contribution in [2.24, 2.45) is 0 Å². The van der Waals surface area contributed by atoms with Crippen LogP contribution in [0.15, 0.2) is 58.4 Å². The highest BCUT2D eigenvalue weighted by molar-refractivity contribution is 7.92. The van der Waals surface area contributed by atoms with Crippen molar-refractivity contribution in [1.82, 2.24) is 10.2 Å². The van der Waals surface area contributed by atoms with Crippen molar-refractivity contribution in [3.05, 3.63) is 64.7 Å². The maximum absolute atomic E-state index is 12.4. The summed E-state index contributed by atoms with van der Waals surface area (Å²) in [6.45, 7) is 0.598. The number of rotatable bonds is 9. The average molecular weight is 505 g/mol. The van der Waals surface area contributed by atoms with E-state index in [2.05, 4.69) is 15.5 Å². The van der Waals surface area contributed by atoms with Crippen LogP contribution in [0.2, 0.25) is 5.02 Å². The van der Waals surface area contributed by atoms with Crippen LogP contribution in [0.5, 0.6) is 11.5 Å². The van der Waals surface area contributed by atoms with Crippen LogP contribution in [0.4, 0.5) is 5.13 Å². The number of sulfone groups is 1. The Kier molecular flexibility index (Phi) is 8.00. The van der Waals surface area contributed by atoms with E-state index in [1.54, 1.807) is 24.3 Å². The Morgan fingerprint density at radius 3 is 2.55 bits per heavy atom. The molecule has 1 N–H and O–H groups in total. The summed E-state index contributed by atoms with van der Waals surface area (Å²) in [5, 5.41) is 19.1. The van der Waals surface area contributed by atoms with Crippen LogP contribution in [0.25, 0.3) is 6.08 Å². The number of hydrogen-bond acceptors (Lipinski definition) is 9. The molecule has 0 bridgehead atoms. The summed E-state index contributed by atoms with van der Waals surface area (Å²) in [7, 11) is -3.54. The molecule has 0 aliphatic rings. The molecule has 12 heteroatoms. The fraction of sp³-hybridized carbons (Fsp3) is 0.143. The van der Waals surface area contributed by atoms with Crippen molar-refractivity contribution in [3.8, 4) is 17.6 Å². The summed E-state index contributed by atoms with van der Waals surface area (Å²) < 4.78 is 33.9. The second-order valence-electron chi connectivity index (χ2n) is 6.47. The van der Waals surface area contributed by atoms with E-state index in [1.165, 1.54) is 6.08 Å². The molecule has 170 valence electrons. The van der Waals surface area contributed by atoms with Gasteiger partial charge in [0.1, 0.15) is 36.4 Å². The minimum Gasteiger partial charge on any atom is -0.490 e. The number of nitrogens with one attached hydrogen (secondary N) is 1. The molecule has 0 fully saturated rings. The zero-order valence-electron chi connectivity index (χ0n) is 17.2. The van der Waals surface area contributed by atoms with Crippen molar-refractivity contribution >= 4 is 49.9 Å². The molecular formula is C21H17ClN4O5S2. The quantitative estimate of drug-likeness (QED) is 0.202. The maximum atomic E-state index is 12.4. The summed E-state index contributed by atoms with van der Waals surface area (Å²) in [6.07, 6.45) is 2.31. The van der Waals surface area contributed by atoms with Crippen molar-refractivity contribution in [2.45, 2.75) is 4.34 Å². The number of carbonyl (C=O) groups excluding carboxylic acids is 1. The third-order valence-electron chi connectivity index (χ3n) is 3.93. The number of ether oxygens (including phenoxy) is 2. The van der Waals surface area contributed by atoms with Gasteiger partial charge >= 0.3 is 0 Å². The van der Waals surface area contributed by atoms with Crippen molar-refractivity contribution in [3.63, 3.8) is 0 Å². The topological polar surface area (TPSA) is 131 Å². The predicted octanol–water partition coefficient (Wildman–Crippen LogP) is 3.60. The Hall–Kier alpha value is -3.46. The van der Waals surface area contributed by atoms with Gasteiger partial charge in [-0.25, -0.2) is 8.42 Å². The maximum Gasteiger partial charge on any atom is 0.268 e. The van der Waals surface area contributed by atoms with Gasteiger partial charge in [-0.1, -0.05) is 47.2 Å². The fourth-order valence-corrected chi connectivity index (χ4v) is 4.19. The van der Waals surface area contributed by atoms with E-state index in [0.29, 0.717) is 34.3 Å². The molecule has 0 radical (unpaired) electrons. The molecule has 3 aromatic rings. The van der Waals surface area contributed by atoms with E-state index in [-0.39, 0.29) is 21.7 Å². The van der Waals surface area contributed by atoms with E-state index in [0.717, 1.165) is 12.0 Å². The Labute approximate surface area is 199 Å². The standard InChI is InChI=1S/C21H17ClN4O5S2/c1-33(28,29)21-26-25-20(32-21)24-19(27)15(13-23)11-14-7-8-18(17(22)12-14)31-10-9-30-16-5-3-2-4-6-16/h2-8,11-12H,9-10H2,1H3,(H,24,25,27)/b15-11-. The molecular weight excluding hydrogens is 488 g/mol. The van der Waals surface area contributed by atoms with Crippen LogP contribution >= 0.6 is 22.9 Å². The zero-order chi connectivity index (χ0) is 23.8. The Bertz CT molecular complexity index is 1320. The van der Waals surface area contributed by atoms with E-state index in [1.807, 2.05) is 30.3 Å².